The molecule has 0 spiro atoms. The lowest BCUT2D eigenvalue weighted by molar-refractivity contribution is -0.294. The van der Waals surface area contributed by atoms with Gasteiger partial charge in [-0.05, 0) is 25.2 Å². The van der Waals surface area contributed by atoms with Crippen molar-refractivity contribution < 1.29 is 20.0 Å². The molecule has 1 fully saturated rings. The van der Waals surface area contributed by atoms with E-state index in [0.717, 1.165) is 25.7 Å². The highest BCUT2D eigenvalue weighted by Crippen LogP contribution is 2.20. The first kappa shape index (κ1) is 11.9. The molecule has 84 valence electrons. The fourth-order valence-corrected chi connectivity index (χ4v) is 1.77. The Morgan fingerprint density at radius 2 is 1.93 bits per heavy atom. The maximum absolute atomic E-state index is 9.32. The van der Waals surface area contributed by atoms with Crippen molar-refractivity contribution in [2.45, 2.75) is 38.2 Å². The summed E-state index contributed by atoms with van der Waals surface area (Å²) in [5, 5.41) is 18.1. The Morgan fingerprint density at radius 3 is 2.71 bits per heavy atom. The highest BCUT2D eigenvalue weighted by atomic mass is 17.2. The largest absolute Gasteiger partial charge is 0.394 e. The van der Waals surface area contributed by atoms with E-state index in [1.54, 1.807) is 0 Å². The number of rotatable bonds is 3. The van der Waals surface area contributed by atoms with Crippen molar-refractivity contribution in [1.29, 1.82) is 0 Å². The van der Waals surface area contributed by atoms with Gasteiger partial charge in [-0.1, -0.05) is 12.8 Å². The van der Waals surface area contributed by atoms with Gasteiger partial charge in [0.1, 0.15) is 0 Å². The molecule has 1 rings (SSSR count). The Kier molecular flexibility index (Phi) is 6.10. The average molecular weight is 204 g/mol. The third-order valence-electron chi connectivity index (χ3n) is 2.60. The molecule has 2 N–H and O–H groups in total. The quantitative estimate of drug-likeness (QED) is 0.670. The van der Waals surface area contributed by atoms with Gasteiger partial charge in [0.25, 0.3) is 0 Å². The van der Waals surface area contributed by atoms with Crippen molar-refractivity contribution in [1.82, 2.24) is 0 Å². The highest BCUT2D eigenvalue weighted by molar-refractivity contribution is 4.65. The molecule has 0 bridgehead atoms. The van der Waals surface area contributed by atoms with Crippen LogP contribution in [0.5, 0.6) is 0 Å². The molecule has 1 saturated heterocycles. The van der Waals surface area contributed by atoms with E-state index in [9.17, 15) is 5.11 Å². The van der Waals surface area contributed by atoms with Crippen molar-refractivity contribution in [3.8, 4) is 0 Å². The summed E-state index contributed by atoms with van der Waals surface area (Å²) in [4.78, 5) is 9.88. The van der Waals surface area contributed by atoms with Crippen molar-refractivity contribution >= 4 is 0 Å². The van der Waals surface area contributed by atoms with E-state index in [4.69, 9.17) is 14.9 Å². The van der Waals surface area contributed by atoms with Gasteiger partial charge in [0.05, 0.1) is 25.9 Å². The molecule has 0 aromatic carbocycles. The van der Waals surface area contributed by atoms with E-state index in [1.165, 1.54) is 0 Å². The first-order valence-corrected chi connectivity index (χ1v) is 5.36. The van der Waals surface area contributed by atoms with Crippen molar-refractivity contribution in [2.24, 2.45) is 5.92 Å². The molecular formula is C10H20O4. The van der Waals surface area contributed by atoms with Gasteiger partial charge in [0, 0.05) is 0 Å². The van der Waals surface area contributed by atoms with Crippen LogP contribution in [0.4, 0.5) is 0 Å². The molecule has 1 aliphatic heterocycles. The first-order chi connectivity index (χ1) is 6.83. The third kappa shape index (κ3) is 4.91. The molecule has 0 aromatic rings. The van der Waals surface area contributed by atoms with Gasteiger partial charge in [-0.15, -0.1) is 0 Å². The molecule has 1 heterocycles. The third-order valence-corrected chi connectivity index (χ3v) is 2.60. The molecule has 2 atom stereocenters. The van der Waals surface area contributed by atoms with Crippen LogP contribution in [0.3, 0.4) is 0 Å². The van der Waals surface area contributed by atoms with Crippen molar-refractivity contribution in [3.05, 3.63) is 0 Å². The summed E-state index contributed by atoms with van der Waals surface area (Å²) in [6.07, 6.45) is 4.18. The van der Waals surface area contributed by atoms with E-state index < -0.39 is 6.10 Å². The first-order valence-electron chi connectivity index (χ1n) is 5.36. The molecule has 4 nitrogen and oxygen atoms in total. The van der Waals surface area contributed by atoms with Crippen LogP contribution in [0.15, 0.2) is 0 Å². The van der Waals surface area contributed by atoms with Crippen LogP contribution >= 0.6 is 0 Å². The standard InChI is InChI=1S/C10H20O4/c11-8-10(12)7-9-3-1-2-5-13-14-6-4-9/h9-12H,1-8H2. The van der Waals surface area contributed by atoms with Crippen LogP contribution in [0.25, 0.3) is 0 Å². The second-order valence-corrected chi connectivity index (χ2v) is 3.87. The van der Waals surface area contributed by atoms with E-state index in [0.29, 0.717) is 25.6 Å². The van der Waals surface area contributed by atoms with E-state index in [-0.39, 0.29) is 6.61 Å². The molecule has 0 aliphatic carbocycles. The summed E-state index contributed by atoms with van der Waals surface area (Å²) in [5.74, 6) is 0.443. The molecule has 4 heteroatoms. The number of aliphatic hydroxyl groups excluding tert-OH is 2. The second-order valence-electron chi connectivity index (χ2n) is 3.87. The Bertz CT molecular complexity index is 130. The lowest BCUT2D eigenvalue weighted by atomic mass is 9.93. The Morgan fingerprint density at radius 1 is 1.14 bits per heavy atom. The predicted molar refractivity (Wildman–Crippen MR) is 51.6 cm³/mol. The summed E-state index contributed by atoms with van der Waals surface area (Å²) in [6, 6.07) is 0. The van der Waals surface area contributed by atoms with Crippen LogP contribution < -0.4 is 0 Å². The van der Waals surface area contributed by atoms with Gasteiger partial charge in [-0.3, -0.25) is 0 Å². The molecule has 0 radical (unpaired) electrons. The average Bonchev–Trinajstić information content (AvgIpc) is 2.31. The van der Waals surface area contributed by atoms with Crippen LogP contribution in [0.2, 0.25) is 0 Å². The molecule has 1 aliphatic rings. The lowest BCUT2D eigenvalue weighted by Crippen LogP contribution is -2.18. The van der Waals surface area contributed by atoms with Crippen LogP contribution in [0, 0.1) is 5.92 Å². The van der Waals surface area contributed by atoms with Gasteiger partial charge in [-0.2, -0.15) is 0 Å². The number of aliphatic hydroxyl groups is 2. The summed E-state index contributed by atoms with van der Waals surface area (Å²) < 4.78 is 0. The highest BCUT2D eigenvalue weighted by Gasteiger charge is 2.15. The van der Waals surface area contributed by atoms with Crippen LogP contribution in [-0.2, 0) is 9.78 Å². The van der Waals surface area contributed by atoms with E-state index in [2.05, 4.69) is 0 Å². The zero-order valence-corrected chi connectivity index (χ0v) is 8.52. The lowest BCUT2D eigenvalue weighted by Gasteiger charge is -2.17. The van der Waals surface area contributed by atoms with Crippen LogP contribution in [-0.4, -0.2) is 36.1 Å². The maximum atomic E-state index is 9.32. The Balaban J connectivity index is 2.25. The van der Waals surface area contributed by atoms with Crippen LogP contribution in [0.1, 0.15) is 32.1 Å². The summed E-state index contributed by atoms with van der Waals surface area (Å²) in [6.45, 7) is 1.10. The Labute approximate surface area is 84.8 Å². The smallest absolute Gasteiger partial charge is 0.0825 e. The minimum Gasteiger partial charge on any atom is -0.394 e. The van der Waals surface area contributed by atoms with E-state index >= 15 is 0 Å². The zero-order valence-electron chi connectivity index (χ0n) is 8.52. The summed E-state index contributed by atoms with van der Waals surface area (Å²) in [7, 11) is 0. The molecule has 0 amide bonds. The van der Waals surface area contributed by atoms with E-state index in [1.807, 2.05) is 0 Å². The molecule has 2 unspecified atom stereocenters. The normalized spacial score (nSPS) is 27.4. The SMILES string of the molecule is OCC(O)CC1CCCCOOCC1. The summed E-state index contributed by atoms with van der Waals surface area (Å²) in [5.41, 5.74) is 0. The van der Waals surface area contributed by atoms with Gasteiger partial charge >= 0.3 is 0 Å². The Hall–Kier alpha value is -0.160. The molecule has 0 saturated carbocycles. The molecule has 14 heavy (non-hydrogen) atoms. The van der Waals surface area contributed by atoms with Gasteiger partial charge in [0.2, 0.25) is 0 Å². The maximum Gasteiger partial charge on any atom is 0.0825 e. The topological polar surface area (TPSA) is 58.9 Å². The minimum absolute atomic E-state index is 0.145. The summed E-state index contributed by atoms with van der Waals surface area (Å²) >= 11 is 0. The molecular weight excluding hydrogens is 184 g/mol. The van der Waals surface area contributed by atoms with Gasteiger partial charge in [0.15, 0.2) is 0 Å². The monoisotopic (exact) mass is 204 g/mol. The van der Waals surface area contributed by atoms with Gasteiger partial charge in [-0.25, -0.2) is 9.78 Å². The van der Waals surface area contributed by atoms with Crippen molar-refractivity contribution in [3.63, 3.8) is 0 Å². The fraction of sp³-hybridized carbons (Fsp3) is 1.00. The van der Waals surface area contributed by atoms with Gasteiger partial charge < -0.3 is 10.2 Å². The second kappa shape index (κ2) is 7.17. The molecule has 0 aromatic heterocycles. The number of hydrogen-bond donors (Lipinski definition) is 2. The fourth-order valence-electron chi connectivity index (χ4n) is 1.77. The predicted octanol–water partition coefficient (Wildman–Crippen LogP) is 0.868. The number of hydrogen-bond acceptors (Lipinski definition) is 4. The van der Waals surface area contributed by atoms with Crippen molar-refractivity contribution in [2.75, 3.05) is 19.8 Å². The minimum atomic E-state index is -0.582. The zero-order chi connectivity index (χ0) is 10.2.